The molecule has 1 aromatic heterocycles. The van der Waals surface area contributed by atoms with Crippen molar-refractivity contribution in [3.05, 3.63) is 36.2 Å². The number of amides is 1. The van der Waals surface area contributed by atoms with Gasteiger partial charge in [0, 0.05) is 18.7 Å². The van der Waals surface area contributed by atoms with Crippen molar-refractivity contribution in [3.63, 3.8) is 0 Å². The van der Waals surface area contributed by atoms with E-state index in [4.69, 9.17) is 5.73 Å². The highest BCUT2D eigenvalue weighted by Gasteiger charge is 2.22. The average Bonchev–Trinajstić information content (AvgIpc) is 3.09. The van der Waals surface area contributed by atoms with Crippen molar-refractivity contribution in [2.45, 2.75) is 12.8 Å². The lowest BCUT2D eigenvalue weighted by Gasteiger charge is -2.31. The molecule has 1 aromatic carbocycles. The molecule has 22 heavy (non-hydrogen) atoms. The van der Waals surface area contributed by atoms with Crippen LogP contribution < -0.4 is 5.73 Å². The van der Waals surface area contributed by atoms with Crippen LogP contribution in [0.2, 0.25) is 0 Å². The van der Waals surface area contributed by atoms with Crippen LogP contribution >= 0.6 is 12.4 Å². The van der Waals surface area contributed by atoms with Gasteiger partial charge < -0.3 is 10.6 Å². The second-order valence-corrected chi connectivity index (χ2v) is 5.27. The molecule has 7 nitrogen and oxygen atoms in total. The lowest BCUT2D eigenvalue weighted by Crippen LogP contribution is -2.40. The summed E-state index contributed by atoms with van der Waals surface area (Å²) in [4.78, 5) is 14.3. The molecule has 0 radical (unpaired) electrons. The first-order chi connectivity index (χ1) is 10.3. The monoisotopic (exact) mass is 322 g/mol. The molecule has 0 aliphatic carbocycles. The van der Waals surface area contributed by atoms with E-state index in [0.717, 1.165) is 31.6 Å². The van der Waals surface area contributed by atoms with Crippen LogP contribution in [0.3, 0.4) is 0 Å². The third kappa shape index (κ3) is 3.42. The van der Waals surface area contributed by atoms with Crippen molar-refractivity contribution >= 4 is 18.3 Å². The van der Waals surface area contributed by atoms with E-state index in [2.05, 4.69) is 15.5 Å². The topological polar surface area (TPSA) is 89.9 Å². The van der Waals surface area contributed by atoms with Crippen LogP contribution in [0, 0.1) is 5.92 Å². The van der Waals surface area contributed by atoms with Gasteiger partial charge in [0.05, 0.1) is 5.69 Å². The summed E-state index contributed by atoms with van der Waals surface area (Å²) in [6.45, 7) is 2.29. The smallest absolute Gasteiger partial charge is 0.253 e. The number of nitrogens with two attached hydrogens (primary N) is 1. The molecule has 0 spiro atoms. The fourth-order valence-electron chi connectivity index (χ4n) is 2.59. The first kappa shape index (κ1) is 16.4. The Kier molecular flexibility index (Phi) is 5.46. The summed E-state index contributed by atoms with van der Waals surface area (Å²) in [6, 6.07) is 7.31. The first-order valence-electron chi connectivity index (χ1n) is 7.10. The largest absolute Gasteiger partial charge is 0.339 e. The number of carbonyl (C=O) groups is 1. The van der Waals surface area contributed by atoms with Crippen LogP contribution in [0.5, 0.6) is 0 Å². The standard InChI is InChI=1S/C14H18N6O.ClH/c15-9-11-5-7-19(8-6-11)14(21)12-1-3-13(4-2-12)20-10-16-17-18-20;/h1-4,10-11H,5-9,15H2;1H. The maximum Gasteiger partial charge on any atom is 0.253 e. The van der Waals surface area contributed by atoms with Gasteiger partial charge in [-0.15, -0.1) is 17.5 Å². The normalized spacial score (nSPS) is 15.4. The summed E-state index contributed by atoms with van der Waals surface area (Å²) < 4.78 is 1.56. The summed E-state index contributed by atoms with van der Waals surface area (Å²) in [5.41, 5.74) is 7.20. The number of halogens is 1. The summed E-state index contributed by atoms with van der Waals surface area (Å²) in [6.07, 6.45) is 3.50. The number of nitrogens with zero attached hydrogens (tertiary/aromatic N) is 5. The van der Waals surface area contributed by atoms with E-state index < -0.39 is 0 Å². The zero-order valence-electron chi connectivity index (χ0n) is 12.1. The van der Waals surface area contributed by atoms with Crippen LogP contribution in [0.15, 0.2) is 30.6 Å². The molecule has 1 aliphatic rings. The van der Waals surface area contributed by atoms with Gasteiger partial charge in [0.15, 0.2) is 0 Å². The molecule has 1 aliphatic heterocycles. The molecule has 0 bridgehead atoms. The highest BCUT2D eigenvalue weighted by atomic mass is 35.5. The fourth-order valence-corrected chi connectivity index (χ4v) is 2.59. The van der Waals surface area contributed by atoms with Crippen LogP contribution in [0.4, 0.5) is 0 Å². The molecule has 0 atom stereocenters. The maximum atomic E-state index is 12.4. The van der Waals surface area contributed by atoms with Crippen molar-refractivity contribution in [2.24, 2.45) is 11.7 Å². The number of rotatable bonds is 3. The Morgan fingerprint density at radius 3 is 2.45 bits per heavy atom. The number of piperidine rings is 1. The van der Waals surface area contributed by atoms with Crippen LogP contribution in [0.1, 0.15) is 23.2 Å². The zero-order valence-corrected chi connectivity index (χ0v) is 12.9. The highest BCUT2D eigenvalue weighted by Crippen LogP contribution is 2.18. The van der Waals surface area contributed by atoms with Crippen molar-refractivity contribution in [3.8, 4) is 5.69 Å². The third-order valence-electron chi connectivity index (χ3n) is 3.96. The molecule has 8 heteroatoms. The van der Waals surface area contributed by atoms with E-state index >= 15 is 0 Å². The average molecular weight is 323 g/mol. The predicted octanol–water partition coefficient (Wildman–Crippen LogP) is 0.895. The van der Waals surface area contributed by atoms with E-state index in [-0.39, 0.29) is 18.3 Å². The third-order valence-corrected chi connectivity index (χ3v) is 3.96. The van der Waals surface area contributed by atoms with Gasteiger partial charge in [-0.3, -0.25) is 4.79 Å². The Morgan fingerprint density at radius 2 is 1.91 bits per heavy atom. The SMILES string of the molecule is Cl.NCC1CCN(C(=O)c2ccc(-n3cnnn3)cc2)CC1. The molecular formula is C14H19ClN6O. The van der Waals surface area contributed by atoms with E-state index in [1.807, 2.05) is 29.2 Å². The van der Waals surface area contributed by atoms with Crippen LogP contribution in [-0.2, 0) is 0 Å². The minimum absolute atomic E-state index is 0. The fraction of sp³-hybridized carbons (Fsp3) is 0.429. The Hall–Kier alpha value is -1.99. The summed E-state index contributed by atoms with van der Waals surface area (Å²) in [5, 5.41) is 11.0. The lowest BCUT2D eigenvalue weighted by molar-refractivity contribution is 0.0693. The number of carbonyl (C=O) groups excluding carboxylic acids is 1. The second-order valence-electron chi connectivity index (χ2n) is 5.27. The predicted molar refractivity (Wildman–Crippen MR) is 84.1 cm³/mol. The van der Waals surface area contributed by atoms with Gasteiger partial charge in [-0.2, -0.15) is 0 Å². The molecule has 118 valence electrons. The molecule has 2 heterocycles. The number of likely N-dealkylation sites (tertiary alicyclic amines) is 1. The number of aromatic nitrogens is 4. The molecule has 2 aromatic rings. The van der Waals surface area contributed by atoms with Crippen LogP contribution in [-0.4, -0.2) is 50.6 Å². The minimum Gasteiger partial charge on any atom is -0.339 e. The van der Waals surface area contributed by atoms with Gasteiger partial charge >= 0.3 is 0 Å². The Morgan fingerprint density at radius 1 is 1.23 bits per heavy atom. The van der Waals surface area contributed by atoms with Gasteiger partial charge in [-0.1, -0.05) is 0 Å². The maximum absolute atomic E-state index is 12.4. The number of hydrogen-bond donors (Lipinski definition) is 1. The summed E-state index contributed by atoms with van der Waals surface area (Å²) in [5.74, 6) is 0.630. The van der Waals surface area contributed by atoms with Gasteiger partial charge in [0.2, 0.25) is 0 Å². The van der Waals surface area contributed by atoms with E-state index in [1.165, 1.54) is 6.33 Å². The molecule has 0 saturated carbocycles. The summed E-state index contributed by atoms with van der Waals surface area (Å²) in [7, 11) is 0. The van der Waals surface area contributed by atoms with Gasteiger partial charge in [0.25, 0.3) is 5.91 Å². The molecule has 3 rings (SSSR count). The number of benzene rings is 1. The Bertz CT molecular complexity index is 592. The van der Waals surface area contributed by atoms with Gasteiger partial charge in [-0.25, -0.2) is 4.68 Å². The second kappa shape index (κ2) is 7.33. The molecule has 1 amide bonds. The van der Waals surface area contributed by atoms with E-state index in [1.54, 1.807) is 4.68 Å². The van der Waals surface area contributed by atoms with Crippen molar-refractivity contribution in [2.75, 3.05) is 19.6 Å². The lowest BCUT2D eigenvalue weighted by atomic mass is 9.96. The molecule has 2 N–H and O–H groups in total. The van der Waals surface area contributed by atoms with Gasteiger partial charge in [0.1, 0.15) is 6.33 Å². The van der Waals surface area contributed by atoms with Crippen molar-refractivity contribution < 1.29 is 4.79 Å². The highest BCUT2D eigenvalue weighted by molar-refractivity contribution is 5.94. The van der Waals surface area contributed by atoms with Crippen molar-refractivity contribution in [1.29, 1.82) is 0 Å². The Balaban J connectivity index is 0.00000176. The number of hydrogen-bond acceptors (Lipinski definition) is 5. The van der Waals surface area contributed by atoms with Gasteiger partial charge in [-0.05, 0) is 60.0 Å². The van der Waals surface area contributed by atoms with Crippen LogP contribution in [0.25, 0.3) is 5.69 Å². The molecule has 1 saturated heterocycles. The quantitative estimate of drug-likeness (QED) is 0.906. The minimum atomic E-state index is 0. The summed E-state index contributed by atoms with van der Waals surface area (Å²) >= 11 is 0. The number of tetrazole rings is 1. The van der Waals surface area contributed by atoms with E-state index in [0.29, 0.717) is 18.0 Å². The molecule has 0 unspecified atom stereocenters. The van der Waals surface area contributed by atoms with Crippen molar-refractivity contribution in [1.82, 2.24) is 25.1 Å². The molecule has 1 fully saturated rings. The van der Waals surface area contributed by atoms with E-state index in [9.17, 15) is 4.79 Å². The molecular weight excluding hydrogens is 304 g/mol. The first-order valence-corrected chi connectivity index (χ1v) is 7.10. The zero-order chi connectivity index (χ0) is 14.7. The Labute approximate surface area is 134 Å².